The lowest BCUT2D eigenvalue weighted by Gasteiger charge is -2.26. The molecule has 0 heterocycles. The number of rotatable bonds is 9. The van der Waals surface area contributed by atoms with Crippen molar-refractivity contribution >= 4 is 16.0 Å². The van der Waals surface area contributed by atoms with Crippen LogP contribution in [0.2, 0.25) is 0 Å². The van der Waals surface area contributed by atoms with E-state index in [0.29, 0.717) is 24.4 Å². The summed E-state index contributed by atoms with van der Waals surface area (Å²) in [5.41, 5.74) is 2.33. The van der Waals surface area contributed by atoms with Crippen molar-refractivity contribution in [1.82, 2.24) is 4.90 Å². The molecule has 2 rings (SSSR count). The Hall–Kier alpha value is -2.54. The Morgan fingerprint density at radius 3 is 2.38 bits per heavy atom. The Balaban J connectivity index is 2.36. The molecule has 7 heteroatoms. The van der Waals surface area contributed by atoms with Gasteiger partial charge in [0, 0.05) is 18.7 Å². The summed E-state index contributed by atoms with van der Waals surface area (Å²) in [4.78, 5) is 14.9. The highest BCUT2D eigenvalue weighted by atomic mass is 32.2. The Morgan fingerprint density at radius 1 is 1.10 bits per heavy atom. The van der Waals surface area contributed by atoms with E-state index in [0.717, 1.165) is 11.1 Å². The van der Waals surface area contributed by atoms with Crippen molar-refractivity contribution in [3.05, 3.63) is 59.2 Å². The predicted octanol–water partition coefficient (Wildman–Crippen LogP) is 4.03. The van der Waals surface area contributed by atoms with Gasteiger partial charge in [0.25, 0.3) is 5.91 Å². The summed E-state index contributed by atoms with van der Waals surface area (Å²) in [7, 11) is -2.24. The summed E-state index contributed by atoms with van der Waals surface area (Å²) in [5.74, 6) is 0.519. The van der Waals surface area contributed by atoms with Gasteiger partial charge in [-0.1, -0.05) is 38.1 Å². The van der Waals surface area contributed by atoms with Crippen molar-refractivity contribution in [2.75, 3.05) is 19.4 Å². The predicted molar refractivity (Wildman–Crippen MR) is 114 cm³/mol. The van der Waals surface area contributed by atoms with Crippen molar-refractivity contribution < 1.29 is 22.1 Å². The number of aryl methyl sites for hydroxylation is 1. The summed E-state index contributed by atoms with van der Waals surface area (Å²) in [5, 5.41) is 0. The third-order valence-corrected chi connectivity index (χ3v) is 5.56. The molecule has 0 aromatic heterocycles. The minimum atomic E-state index is -3.69. The molecule has 0 radical (unpaired) electrons. The van der Waals surface area contributed by atoms with Crippen LogP contribution in [0.1, 0.15) is 42.3 Å². The van der Waals surface area contributed by atoms with Crippen molar-refractivity contribution in [3.63, 3.8) is 0 Å². The highest BCUT2D eigenvalue weighted by Gasteiger charge is 2.20. The van der Waals surface area contributed by atoms with E-state index in [4.69, 9.17) is 8.92 Å². The topological polar surface area (TPSA) is 72.9 Å². The maximum atomic E-state index is 13.2. The van der Waals surface area contributed by atoms with Crippen LogP contribution in [0, 0.1) is 12.8 Å². The molecular weight excluding hydrogens is 390 g/mol. The standard InChI is InChI=1S/C22H29NO5S/c1-6-29(25,26)28-21-13-18(11-12-20(21)27-5)15-23(14-16(2)3)22(24)19-10-8-7-9-17(19)4/h7-13,16H,6,14-15H2,1-5H3. The van der Waals surface area contributed by atoms with Gasteiger partial charge in [-0.3, -0.25) is 4.79 Å². The first-order valence-corrected chi connectivity index (χ1v) is 11.2. The number of nitrogens with zero attached hydrogens (tertiary/aromatic N) is 1. The minimum Gasteiger partial charge on any atom is -0.493 e. The number of carbonyl (C=O) groups is 1. The Bertz CT molecular complexity index is 953. The van der Waals surface area contributed by atoms with Crippen LogP contribution in [0.15, 0.2) is 42.5 Å². The molecule has 0 atom stereocenters. The summed E-state index contributed by atoms with van der Waals surface area (Å²) < 4.78 is 34.2. The van der Waals surface area contributed by atoms with E-state index in [1.807, 2.05) is 37.3 Å². The molecule has 0 spiro atoms. The van der Waals surface area contributed by atoms with E-state index in [2.05, 4.69) is 13.8 Å². The van der Waals surface area contributed by atoms with Crippen LogP contribution in [0.25, 0.3) is 0 Å². The zero-order chi connectivity index (χ0) is 21.6. The monoisotopic (exact) mass is 419 g/mol. The molecule has 0 bridgehead atoms. The lowest BCUT2D eigenvalue weighted by molar-refractivity contribution is 0.0721. The van der Waals surface area contributed by atoms with Crippen molar-refractivity contribution in [1.29, 1.82) is 0 Å². The van der Waals surface area contributed by atoms with Crippen LogP contribution in [0.3, 0.4) is 0 Å². The molecule has 6 nitrogen and oxygen atoms in total. The molecule has 2 aromatic rings. The fourth-order valence-corrected chi connectivity index (χ4v) is 3.47. The number of ether oxygens (including phenoxy) is 1. The Morgan fingerprint density at radius 2 is 1.79 bits per heavy atom. The smallest absolute Gasteiger partial charge is 0.309 e. The zero-order valence-electron chi connectivity index (χ0n) is 17.6. The maximum absolute atomic E-state index is 13.2. The molecule has 2 aromatic carbocycles. The molecule has 0 fully saturated rings. The second kappa shape index (κ2) is 9.78. The number of amides is 1. The molecule has 0 aliphatic rings. The molecular formula is C22H29NO5S. The first-order valence-electron chi connectivity index (χ1n) is 9.60. The van der Waals surface area contributed by atoms with Gasteiger partial charge in [-0.2, -0.15) is 8.42 Å². The molecule has 1 amide bonds. The molecule has 158 valence electrons. The van der Waals surface area contributed by atoms with Crippen LogP contribution in [0.5, 0.6) is 11.5 Å². The Labute approximate surface area is 173 Å². The van der Waals surface area contributed by atoms with Crippen LogP contribution in [-0.2, 0) is 16.7 Å². The van der Waals surface area contributed by atoms with Gasteiger partial charge in [-0.05, 0) is 49.1 Å². The first-order chi connectivity index (χ1) is 13.7. The third kappa shape index (κ3) is 6.22. The molecule has 0 aliphatic heterocycles. The van der Waals surface area contributed by atoms with Crippen LogP contribution in [-0.4, -0.2) is 38.6 Å². The summed E-state index contributed by atoms with van der Waals surface area (Å²) in [6.07, 6.45) is 0. The first kappa shape index (κ1) is 22.7. The molecule has 0 saturated heterocycles. The fourth-order valence-electron chi connectivity index (χ4n) is 2.94. The second-order valence-electron chi connectivity index (χ2n) is 7.31. The lowest BCUT2D eigenvalue weighted by atomic mass is 10.1. The lowest BCUT2D eigenvalue weighted by Crippen LogP contribution is -2.34. The van der Waals surface area contributed by atoms with Gasteiger partial charge in [0.1, 0.15) is 0 Å². The van der Waals surface area contributed by atoms with Crippen molar-refractivity contribution in [3.8, 4) is 11.5 Å². The number of benzene rings is 2. The molecule has 0 N–H and O–H groups in total. The number of hydrogen-bond acceptors (Lipinski definition) is 5. The largest absolute Gasteiger partial charge is 0.493 e. The second-order valence-corrected chi connectivity index (χ2v) is 9.17. The summed E-state index contributed by atoms with van der Waals surface area (Å²) >= 11 is 0. The van der Waals surface area contributed by atoms with Crippen LogP contribution in [0.4, 0.5) is 0 Å². The molecule has 0 unspecified atom stereocenters. The van der Waals surface area contributed by atoms with Gasteiger partial charge in [0.15, 0.2) is 11.5 Å². The van der Waals surface area contributed by atoms with Crippen LogP contribution >= 0.6 is 0 Å². The van der Waals surface area contributed by atoms with Gasteiger partial charge >= 0.3 is 10.1 Å². The van der Waals surface area contributed by atoms with Gasteiger partial charge in [0.05, 0.1) is 12.9 Å². The highest BCUT2D eigenvalue weighted by Crippen LogP contribution is 2.30. The van der Waals surface area contributed by atoms with Crippen molar-refractivity contribution in [2.24, 2.45) is 5.92 Å². The van der Waals surface area contributed by atoms with Gasteiger partial charge < -0.3 is 13.8 Å². The normalized spacial score (nSPS) is 11.4. The maximum Gasteiger partial charge on any atom is 0.309 e. The van der Waals surface area contributed by atoms with Gasteiger partial charge in [-0.15, -0.1) is 0 Å². The Kier molecular flexibility index (Phi) is 7.67. The number of methoxy groups -OCH3 is 1. The van der Waals surface area contributed by atoms with E-state index in [9.17, 15) is 13.2 Å². The van der Waals surface area contributed by atoms with Crippen LogP contribution < -0.4 is 8.92 Å². The molecule has 0 saturated carbocycles. The number of hydrogen-bond donors (Lipinski definition) is 0. The van der Waals surface area contributed by atoms with E-state index in [1.165, 1.54) is 14.0 Å². The summed E-state index contributed by atoms with van der Waals surface area (Å²) in [6.45, 7) is 8.43. The van der Waals surface area contributed by atoms with E-state index in [1.54, 1.807) is 17.0 Å². The third-order valence-electron chi connectivity index (χ3n) is 4.42. The van der Waals surface area contributed by atoms with E-state index < -0.39 is 10.1 Å². The minimum absolute atomic E-state index is 0.0590. The van der Waals surface area contributed by atoms with E-state index >= 15 is 0 Å². The average Bonchev–Trinajstić information content (AvgIpc) is 2.67. The quantitative estimate of drug-likeness (QED) is 0.574. The highest BCUT2D eigenvalue weighted by molar-refractivity contribution is 7.87. The average molecular weight is 420 g/mol. The SMILES string of the molecule is CCS(=O)(=O)Oc1cc(CN(CC(C)C)C(=O)c2ccccc2C)ccc1OC. The molecule has 0 aliphatic carbocycles. The fraction of sp³-hybridized carbons (Fsp3) is 0.409. The molecule has 29 heavy (non-hydrogen) atoms. The van der Waals surface area contributed by atoms with E-state index in [-0.39, 0.29) is 23.3 Å². The van der Waals surface area contributed by atoms with Gasteiger partial charge in [-0.25, -0.2) is 0 Å². The zero-order valence-corrected chi connectivity index (χ0v) is 18.5. The van der Waals surface area contributed by atoms with Gasteiger partial charge in [0.2, 0.25) is 0 Å². The summed E-state index contributed by atoms with van der Waals surface area (Å²) in [6, 6.07) is 12.6. The van der Waals surface area contributed by atoms with Crippen molar-refractivity contribution in [2.45, 2.75) is 34.2 Å². The number of carbonyl (C=O) groups excluding carboxylic acids is 1.